The van der Waals surface area contributed by atoms with Gasteiger partial charge in [0.05, 0.1) is 9.79 Å². The molecule has 1 aliphatic rings. The van der Waals surface area contributed by atoms with Crippen LogP contribution >= 0.6 is 11.8 Å². The lowest BCUT2D eigenvalue weighted by Crippen LogP contribution is -2.52. The molecule has 9 nitrogen and oxygen atoms in total. The number of carbonyl (C=O) groups excluding carboxylic acids is 3. The zero-order valence-corrected chi connectivity index (χ0v) is 28.7. The fourth-order valence-corrected chi connectivity index (χ4v) is 7.98. The second kappa shape index (κ2) is 14.2. The van der Waals surface area contributed by atoms with Crippen molar-refractivity contribution < 1.29 is 22.8 Å². The number of carbonyl (C=O) groups is 3. The first-order chi connectivity index (χ1) is 23.5. The first-order valence-electron chi connectivity index (χ1n) is 15.9. The van der Waals surface area contributed by atoms with E-state index in [2.05, 4.69) is 22.8 Å². The van der Waals surface area contributed by atoms with Crippen molar-refractivity contribution in [2.75, 3.05) is 28.7 Å². The topological polar surface area (TPSA) is 139 Å². The monoisotopic (exact) mass is 692 g/mol. The summed E-state index contributed by atoms with van der Waals surface area (Å²) in [5, 5.41) is 7.59. The Bertz CT molecular complexity index is 2110. The second-order valence-corrected chi connectivity index (χ2v) is 15.3. The van der Waals surface area contributed by atoms with Crippen LogP contribution in [0.3, 0.4) is 0 Å². The number of nitrogen functional groups attached to an aromatic ring is 1. The number of nitrogens with two attached hydrogens (primary N) is 1. The average Bonchev–Trinajstić information content (AvgIpc) is 3.09. The molecule has 0 fully saturated rings. The molecular weight excluding hydrogens is 657 g/mol. The molecule has 6 rings (SSSR count). The highest BCUT2D eigenvalue weighted by molar-refractivity contribution is 7.99. The van der Waals surface area contributed by atoms with E-state index in [1.807, 2.05) is 44.2 Å². The number of nitrogens with zero attached hydrogens (tertiary/aromatic N) is 1. The number of hydrogen-bond acceptors (Lipinski definition) is 8. The van der Waals surface area contributed by atoms with Crippen molar-refractivity contribution >= 4 is 67.2 Å². The maximum Gasteiger partial charge on any atom is 0.262 e. The highest BCUT2D eigenvalue weighted by atomic mass is 32.2. The Morgan fingerprint density at radius 2 is 1.43 bits per heavy atom. The highest BCUT2D eigenvalue weighted by Gasteiger charge is 2.41. The zero-order valence-electron chi connectivity index (χ0n) is 27.1. The summed E-state index contributed by atoms with van der Waals surface area (Å²) in [6, 6.07) is 29.6. The van der Waals surface area contributed by atoms with Crippen molar-refractivity contribution in [3.63, 3.8) is 0 Å². The van der Waals surface area contributed by atoms with Gasteiger partial charge in [0.2, 0.25) is 15.7 Å². The molecule has 1 aliphatic heterocycles. The van der Waals surface area contributed by atoms with Crippen molar-refractivity contribution in [2.24, 2.45) is 5.92 Å². The Balaban J connectivity index is 1.22. The molecule has 5 aromatic rings. The van der Waals surface area contributed by atoms with Gasteiger partial charge in [-0.05, 0) is 91.2 Å². The third-order valence-electron chi connectivity index (χ3n) is 8.30. The molecule has 11 heteroatoms. The first-order valence-corrected chi connectivity index (χ1v) is 18.4. The van der Waals surface area contributed by atoms with Crippen LogP contribution in [0.5, 0.6) is 0 Å². The minimum Gasteiger partial charge on any atom is -0.399 e. The van der Waals surface area contributed by atoms with Crippen LogP contribution in [0.25, 0.3) is 10.8 Å². The van der Waals surface area contributed by atoms with Crippen molar-refractivity contribution in [3.8, 4) is 0 Å². The Labute approximate surface area is 289 Å². The van der Waals surface area contributed by atoms with Gasteiger partial charge in [-0.15, -0.1) is 11.8 Å². The molecule has 1 heterocycles. The fourth-order valence-electron chi connectivity index (χ4n) is 5.93. The van der Waals surface area contributed by atoms with Gasteiger partial charge in [0, 0.05) is 56.2 Å². The molecule has 4 N–H and O–H groups in total. The van der Waals surface area contributed by atoms with Gasteiger partial charge >= 0.3 is 0 Å². The number of benzene rings is 5. The van der Waals surface area contributed by atoms with Gasteiger partial charge in [0.15, 0.2) is 0 Å². The summed E-state index contributed by atoms with van der Waals surface area (Å²) in [7, 11) is -3.81. The summed E-state index contributed by atoms with van der Waals surface area (Å²) in [6.07, 6.45) is 0.233. The van der Waals surface area contributed by atoms with E-state index >= 15 is 0 Å². The van der Waals surface area contributed by atoms with Gasteiger partial charge in [0.1, 0.15) is 6.04 Å². The molecule has 0 aliphatic carbocycles. The molecule has 250 valence electrons. The van der Waals surface area contributed by atoms with Crippen LogP contribution in [-0.2, 0) is 14.6 Å². The summed E-state index contributed by atoms with van der Waals surface area (Å²) in [6.45, 7) is 4.51. The number of imide groups is 1. The molecule has 0 spiro atoms. The lowest BCUT2D eigenvalue weighted by atomic mass is 9.90. The van der Waals surface area contributed by atoms with E-state index in [0.29, 0.717) is 34.4 Å². The molecule has 0 bridgehead atoms. The summed E-state index contributed by atoms with van der Waals surface area (Å²) >= 11 is 1.73. The Hall–Kier alpha value is -5.13. The Kier molecular flexibility index (Phi) is 9.75. The molecule has 49 heavy (non-hydrogen) atoms. The highest BCUT2D eigenvalue weighted by Crippen LogP contribution is 2.36. The van der Waals surface area contributed by atoms with Gasteiger partial charge in [-0.1, -0.05) is 44.2 Å². The average molecular weight is 693 g/mol. The van der Waals surface area contributed by atoms with Crippen molar-refractivity contribution in [3.05, 3.63) is 120 Å². The smallest absolute Gasteiger partial charge is 0.262 e. The minimum atomic E-state index is -3.81. The van der Waals surface area contributed by atoms with Crippen molar-refractivity contribution in [2.45, 2.75) is 41.0 Å². The fraction of sp³-hybridized carbons (Fsp3) is 0.184. The molecule has 0 radical (unpaired) electrons. The largest absolute Gasteiger partial charge is 0.399 e. The summed E-state index contributed by atoms with van der Waals surface area (Å²) in [4.78, 5) is 44.3. The van der Waals surface area contributed by atoms with Crippen LogP contribution in [0.1, 0.15) is 41.0 Å². The minimum absolute atomic E-state index is 0.0266. The normalized spacial score (nSPS) is 13.5. The molecule has 0 unspecified atom stereocenters. The SMILES string of the molecule is CC(C)C[C@@H](C(=O)Nc1ccc(S(=O)(=O)c2ccc(N)cc2)cc1)N1C(=O)c2cccc3c(NCCSc4ccccc4)ccc(c23)C1=O. The Morgan fingerprint density at radius 1 is 0.796 bits per heavy atom. The molecule has 0 saturated carbocycles. The van der Waals surface area contributed by atoms with Gasteiger partial charge in [0.25, 0.3) is 11.8 Å². The summed E-state index contributed by atoms with van der Waals surface area (Å²) < 4.78 is 26.2. The standard InChI is InChI=1S/C38H36N4O5S2/c1-24(2)23-34(36(43)41-26-13-17-29(18-14-26)49(46,47)28-15-11-25(39)12-16-28)42-37(44)31-10-6-9-30-33(20-19-32(35(30)31)38(42)45)40-21-22-48-27-7-4-3-5-8-27/h3-20,24,34,40H,21-23,39H2,1-2H3,(H,41,43)/t34-/m0/s1. The van der Waals surface area contributed by atoms with E-state index in [4.69, 9.17) is 5.73 Å². The van der Waals surface area contributed by atoms with E-state index in [0.717, 1.165) is 21.7 Å². The van der Waals surface area contributed by atoms with E-state index in [1.165, 1.54) is 53.4 Å². The van der Waals surface area contributed by atoms with E-state index in [-0.39, 0.29) is 22.1 Å². The van der Waals surface area contributed by atoms with Gasteiger partial charge in [-0.2, -0.15) is 0 Å². The number of sulfone groups is 1. The van der Waals surface area contributed by atoms with E-state index < -0.39 is 33.6 Å². The molecule has 1 atom stereocenters. The third-order valence-corrected chi connectivity index (χ3v) is 11.1. The summed E-state index contributed by atoms with van der Waals surface area (Å²) in [5.41, 5.74) is 8.01. The van der Waals surface area contributed by atoms with Crippen molar-refractivity contribution in [1.82, 2.24) is 4.90 Å². The predicted molar refractivity (Wildman–Crippen MR) is 195 cm³/mol. The molecule has 0 saturated heterocycles. The van der Waals surface area contributed by atoms with Crippen LogP contribution < -0.4 is 16.4 Å². The van der Waals surface area contributed by atoms with Crippen LogP contribution in [0.15, 0.2) is 124 Å². The summed E-state index contributed by atoms with van der Waals surface area (Å²) in [5.74, 6) is -0.821. The lowest BCUT2D eigenvalue weighted by Gasteiger charge is -2.34. The quantitative estimate of drug-likeness (QED) is 0.0545. The Morgan fingerprint density at radius 3 is 2.08 bits per heavy atom. The number of rotatable bonds is 12. The van der Waals surface area contributed by atoms with E-state index in [1.54, 1.807) is 30.0 Å². The van der Waals surface area contributed by atoms with Gasteiger partial charge in [-0.3, -0.25) is 19.3 Å². The molecule has 3 amide bonds. The van der Waals surface area contributed by atoms with Crippen molar-refractivity contribution in [1.29, 1.82) is 0 Å². The number of nitrogens with one attached hydrogen (secondary N) is 2. The zero-order chi connectivity index (χ0) is 34.7. The number of anilines is 3. The van der Waals surface area contributed by atoms with Gasteiger partial charge in [-0.25, -0.2) is 8.42 Å². The van der Waals surface area contributed by atoms with Crippen LogP contribution in [-0.4, -0.2) is 49.4 Å². The third kappa shape index (κ3) is 7.04. The predicted octanol–water partition coefficient (Wildman–Crippen LogP) is 7.11. The maximum absolute atomic E-state index is 14.1. The molecule has 5 aromatic carbocycles. The number of thioether (sulfide) groups is 1. The number of amides is 3. The van der Waals surface area contributed by atoms with Crippen LogP contribution in [0.2, 0.25) is 0 Å². The van der Waals surface area contributed by atoms with Crippen LogP contribution in [0.4, 0.5) is 17.1 Å². The number of hydrogen-bond donors (Lipinski definition) is 3. The second-order valence-electron chi connectivity index (χ2n) is 12.2. The molecule has 0 aromatic heterocycles. The maximum atomic E-state index is 14.1. The molecular formula is C38H36N4O5S2. The first kappa shape index (κ1) is 33.8. The van der Waals surface area contributed by atoms with Crippen LogP contribution in [0, 0.1) is 5.92 Å². The van der Waals surface area contributed by atoms with E-state index in [9.17, 15) is 22.8 Å². The van der Waals surface area contributed by atoms with Gasteiger partial charge < -0.3 is 16.4 Å². The lowest BCUT2D eigenvalue weighted by molar-refractivity contribution is -0.120.